The van der Waals surface area contributed by atoms with E-state index in [-0.39, 0.29) is 23.9 Å². The van der Waals surface area contributed by atoms with E-state index < -0.39 is 23.0 Å². The summed E-state index contributed by atoms with van der Waals surface area (Å²) in [5.74, 6) is -1.31. The van der Waals surface area contributed by atoms with Gasteiger partial charge in [0.05, 0.1) is 18.2 Å². The zero-order valence-corrected chi connectivity index (χ0v) is 24.0. The van der Waals surface area contributed by atoms with Crippen molar-refractivity contribution < 1.29 is 23.5 Å². The Labute approximate surface area is 212 Å². The van der Waals surface area contributed by atoms with Crippen molar-refractivity contribution in [2.45, 2.75) is 58.6 Å². The van der Waals surface area contributed by atoms with Crippen LogP contribution in [0.1, 0.15) is 58.6 Å². The van der Waals surface area contributed by atoms with Crippen LogP contribution in [0.2, 0.25) is 0 Å². The van der Waals surface area contributed by atoms with Crippen molar-refractivity contribution >= 4 is 22.4 Å². The highest BCUT2D eigenvalue weighted by Crippen LogP contribution is 2.60. The summed E-state index contributed by atoms with van der Waals surface area (Å²) in [6, 6.07) is 20.7. The van der Waals surface area contributed by atoms with E-state index in [1.54, 1.807) is 13.8 Å². The molecule has 0 spiro atoms. The van der Waals surface area contributed by atoms with Crippen molar-refractivity contribution in [3.05, 3.63) is 71.8 Å². The molecule has 0 aliphatic carbocycles. The molecule has 0 saturated carbocycles. The molecule has 190 valence electrons. The number of carbonyl (C=O) groups excluding carboxylic acids is 2. The predicted octanol–water partition coefficient (Wildman–Crippen LogP) is 3.78. The van der Waals surface area contributed by atoms with E-state index in [4.69, 9.17) is 13.9 Å². The van der Waals surface area contributed by atoms with Crippen LogP contribution >= 0.6 is 0 Å². The van der Waals surface area contributed by atoms with Gasteiger partial charge in [-0.3, -0.25) is 14.5 Å². The van der Waals surface area contributed by atoms with Crippen LogP contribution < -0.4 is 0 Å². The molecule has 0 bridgehead atoms. The fraction of sp³-hybridized carbons (Fsp3) is 0.500. The summed E-state index contributed by atoms with van der Waals surface area (Å²) in [6.07, 6.45) is 0. The number of rotatable bonds is 8. The number of hydrogen-bond donors (Lipinski definition) is 0. The Balaban J connectivity index is 2.17. The molecular weight excluding hydrogens is 458 g/mol. The molecule has 1 unspecified atom stereocenters. The van der Waals surface area contributed by atoms with E-state index in [0.717, 1.165) is 11.1 Å². The first kappa shape index (κ1) is 27.1. The Bertz CT molecular complexity index is 1010. The lowest BCUT2D eigenvalue weighted by Gasteiger charge is -2.52. The van der Waals surface area contributed by atoms with Gasteiger partial charge < -0.3 is 13.9 Å². The maximum atomic E-state index is 13.9. The molecule has 0 aromatic heterocycles. The topological polar surface area (TPSA) is 65.1 Å². The van der Waals surface area contributed by atoms with Gasteiger partial charge in [-0.2, -0.15) is 0 Å². The molecule has 6 nitrogen and oxygen atoms in total. The Morgan fingerprint density at radius 3 is 2.09 bits per heavy atom. The van der Waals surface area contributed by atoms with E-state index >= 15 is 0 Å². The van der Waals surface area contributed by atoms with E-state index in [1.807, 2.05) is 24.3 Å². The Hall–Kier alpha value is -2.48. The van der Waals surface area contributed by atoms with E-state index in [2.05, 4.69) is 62.1 Å². The lowest BCUT2D eigenvalue weighted by molar-refractivity contribution is -0.171. The van der Waals surface area contributed by atoms with Crippen LogP contribution in [0.5, 0.6) is 0 Å². The minimum atomic E-state index is -0.942. The van der Waals surface area contributed by atoms with Crippen LogP contribution in [0.25, 0.3) is 0 Å². The van der Waals surface area contributed by atoms with Crippen LogP contribution in [-0.2, 0) is 29.0 Å². The first-order chi connectivity index (χ1) is 16.4. The highest BCUT2D eigenvalue weighted by Gasteiger charge is 2.62. The number of hydrogen-bond acceptors (Lipinski definition) is 6. The van der Waals surface area contributed by atoms with Crippen molar-refractivity contribution in [3.8, 4) is 0 Å². The molecule has 1 heterocycles. The number of ether oxygens (including phenoxy) is 2. The van der Waals surface area contributed by atoms with Gasteiger partial charge in [0.1, 0.15) is 22.7 Å². The van der Waals surface area contributed by atoms with Gasteiger partial charge in [0, 0.05) is 19.4 Å². The summed E-state index contributed by atoms with van der Waals surface area (Å²) in [6.45, 7) is 12.5. The zero-order valence-electron chi connectivity index (χ0n) is 22.0. The number of nitrogens with zero attached hydrogens (tertiary/aromatic N) is 1. The summed E-state index contributed by atoms with van der Waals surface area (Å²) in [4.78, 5) is 27.5. The van der Waals surface area contributed by atoms with Gasteiger partial charge in [-0.25, -0.2) is 0 Å². The lowest BCUT2D eigenvalue weighted by atomic mass is 9.59. The maximum absolute atomic E-state index is 13.9. The second-order valence-corrected chi connectivity index (χ2v) is 11.6. The highest BCUT2D eigenvalue weighted by molar-refractivity contribution is 5.97. The van der Waals surface area contributed by atoms with Crippen molar-refractivity contribution in [3.63, 3.8) is 0 Å². The highest BCUT2D eigenvalue weighted by atomic mass is 28.2. The normalized spacial score (nSPS) is 23.3. The van der Waals surface area contributed by atoms with Gasteiger partial charge in [0.15, 0.2) is 0 Å². The van der Waals surface area contributed by atoms with Crippen molar-refractivity contribution in [2.24, 2.45) is 11.3 Å². The number of carbonyl (C=O) groups is 2. The number of likely N-dealkylation sites (tertiary alicyclic amines) is 1. The molecule has 0 N–H and O–H groups in total. The quantitative estimate of drug-likeness (QED) is 0.409. The van der Waals surface area contributed by atoms with Crippen LogP contribution in [0.3, 0.4) is 0 Å². The average Bonchev–Trinajstić information content (AvgIpc) is 3.15. The molecule has 2 aromatic carbocycles. The van der Waals surface area contributed by atoms with Gasteiger partial charge in [0.25, 0.3) is 0 Å². The summed E-state index contributed by atoms with van der Waals surface area (Å²) in [5.41, 5.74) is 0.514. The number of benzene rings is 2. The summed E-state index contributed by atoms with van der Waals surface area (Å²) in [7, 11) is 0.591. The van der Waals surface area contributed by atoms with Crippen molar-refractivity contribution in [2.75, 3.05) is 19.9 Å². The van der Waals surface area contributed by atoms with Crippen LogP contribution in [0.15, 0.2) is 60.7 Å². The van der Waals surface area contributed by atoms with Crippen LogP contribution in [0.4, 0.5) is 0 Å². The standard InChI is InChI=1S/C28H39NO5Si/c1-20(30)32-18-27(5,6)34-25(31)23-17-29(19-33-35)28(26(2,3)4,22-15-11-8-12-16-22)24(23)21-13-9-7-10-14-21/h7-16,23-24H,17-19H2,1-6,35H3/t23-,24?,28+/m1/s1. The first-order valence-corrected chi connectivity index (χ1v) is 13.0. The van der Waals surface area contributed by atoms with E-state index in [0.29, 0.717) is 23.8 Å². The largest absolute Gasteiger partial charge is 0.462 e. The third-order valence-electron chi connectivity index (χ3n) is 6.87. The van der Waals surface area contributed by atoms with Crippen LogP contribution in [-0.4, -0.2) is 52.8 Å². The third kappa shape index (κ3) is 5.52. The molecule has 3 rings (SSSR count). The minimum Gasteiger partial charge on any atom is -0.462 e. The van der Waals surface area contributed by atoms with Gasteiger partial charge in [0.2, 0.25) is 0 Å². The Morgan fingerprint density at radius 1 is 1.00 bits per heavy atom. The molecular formula is C28H39NO5Si. The minimum absolute atomic E-state index is 0.00722. The molecule has 1 fully saturated rings. The van der Waals surface area contributed by atoms with Gasteiger partial charge in [-0.1, -0.05) is 81.4 Å². The summed E-state index contributed by atoms with van der Waals surface area (Å²) in [5, 5.41) is 0. The van der Waals surface area contributed by atoms with Crippen molar-refractivity contribution in [1.29, 1.82) is 0 Å². The summed E-state index contributed by atoms with van der Waals surface area (Å²) >= 11 is 0. The second-order valence-electron chi connectivity index (χ2n) is 11.0. The monoisotopic (exact) mass is 497 g/mol. The number of esters is 2. The van der Waals surface area contributed by atoms with Gasteiger partial charge in [-0.15, -0.1) is 0 Å². The average molecular weight is 498 g/mol. The fourth-order valence-corrected chi connectivity index (χ4v) is 6.02. The second kappa shape index (κ2) is 10.6. The zero-order chi connectivity index (χ0) is 25.9. The molecule has 35 heavy (non-hydrogen) atoms. The lowest BCUT2D eigenvalue weighted by Crippen LogP contribution is -2.54. The SMILES string of the molecule is CC(=O)OCC(C)(C)OC(=O)[C@@H]1CN(CO[SiH3])[C@](c2ccccc2)(C(C)(C)C)C1c1ccccc1. The summed E-state index contributed by atoms with van der Waals surface area (Å²) < 4.78 is 17.0. The molecule has 1 saturated heterocycles. The molecule has 7 heteroatoms. The van der Waals surface area contributed by atoms with E-state index in [9.17, 15) is 9.59 Å². The molecule has 1 aliphatic heterocycles. The van der Waals surface area contributed by atoms with Crippen molar-refractivity contribution in [1.82, 2.24) is 4.90 Å². The smallest absolute Gasteiger partial charge is 0.311 e. The predicted molar refractivity (Wildman–Crippen MR) is 140 cm³/mol. The molecule has 3 atom stereocenters. The molecule has 0 amide bonds. The van der Waals surface area contributed by atoms with Gasteiger partial charge in [-0.05, 0) is 30.4 Å². The Kier molecular flexibility index (Phi) is 8.24. The van der Waals surface area contributed by atoms with Crippen LogP contribution in [0, 0.1) is 11.3 Å². The molecule has 2 aromatic rings. The van der Waals surface area contributed by atoms with Gasteiger partial charge >= 0.3 is 11.9 Å². The fourth-order valence-electron chi connectivity index (χ4n) is 5.71. The molecule has 0 radical (unpaired) electrons. The molecule has 1 aliphatic rings. The third-order valence-corrected chi connectivity index (χ3v) is 7.13. The van der Waals surface area contributed by atoms with E-state index in [1.165, 1.54) is 6.92 Å². The Morgan fingerprint density at radius 2 is 1.57 bits per heavy atom. The first-order valence-electron chi connectivity index (χ1n) is 12.1. The maximum Gasteiger partial charge on any atom is 0.311 e.